The van der Waals surface area contributed by atoms with Crippen LogP contribution < -0.4 is 26.4 Å². The van der Waals surface area contributed by atoms with Gasteiger partial charge in [-0.05, 0) is 130 Å². The summed E-state index contributed by atoms with van der Waals surface area (Å²) in [5, 5.41) is 25.2. The zero-order chi connectivity index (χ0) is 39.4. The summed E-state index contributed by atoms with van der Waals surface area (Å²) in [5.41, 5.74) is 16.4. The number of hydrogen-bond acceptors (Lipinski definition) is 10. The summed E-state index contributed by atoms with van der Waals surface area (Å²) < 4.78 is 32.1. The number of hydrogen-bond donors (Lipinski definition) is 6. The molecule has 0 spiro atoms. The molecule has 0 amide bonds. The van der Waals surface area contributed by atoms with E-state index >= 15 is 0 Å². The number of phenols is 1. The fourth-order valence-electron chi connectivity index (χ4n) is 5.89. The van der Waals surface area contributed by atoms with E-state index in [1.165, 1.54) is 0 Å². The van der Waals surface area contributed by atoms with Crippen LogP contribution in [0.3, 0.4) is 0 Å². The lowest BCUT2D eigenvalue weighted by molar-refractivity contribution is -0.146. The molecule has 2 rings (SSSR count). The number of carboxylic acid groups (broad SMARTS) is 1. The van der Waals surface area contributed by atoms with Gasteiger partial charge in [0.2, 0.25) is 7.44 Å². The highest BCUT2D eigenvalue weighted by Crippen LogP contribution is 2.40. The third kappa shape index (κ3) is 16.6. The lowest BCUT2D eigenvalue weighted by Gasteiger charge is -2.29. The van der Waals surface area contributed by atoms with E-state index in [9.17, 15) is 24.1 Å². The number of nitrogens with two attached hydrogens (primary N) is 2. The number of nitrogens with one attached hydrogen (secondary N) is 2. The number of carbonyl (C=O) groups is 3. The maximum Gasteiger partial charge on any atom is 0.323 e. The summed E-state index contributed by atoms with van der Waals surface area (Å²) in [5.74, 6) is -1.21. The van der Waals surface area contributed by atoms with Crippen molar-refractivity contribution >= 4 is 25.4 Å². The number of rotatable bonds is 27. The molecule has 3 unspecified atom stereocenters. The maximum atomic E-state index is 14.9. The van der Waals surface area contributed by atoms with Gasteiger partial charge in [0.15, 0.2) is 6.35 Å². The van der Waals surface area contributed by atoms with Crippen LogP contribution in [0.1, 0.15) is 119 Å². The molecule has 0 radical (unpaired) electrons. The lowest BCUT2D eigenvalue weighted by atomic mass is 9.93. The molecule has 0 fully saturated rings. The number of carbonyl (C=O) groups excluding carboxylic acids is 2. The first-order valence-electron chi connectivity index (χ1n) is 18.9. The van der Waals surface area contributed by atoms with Crippen LogP contribution in [-0.4, -0.2) is 72.9 Å². The molecule has 0 aromatic heterocycles. The Balaban J connectivity index is 2.41. The fraction of sp³-hybridized carbons (Fsp3) is 0.615. The number of aryl methyl sites for hydroxylation is 2. The molecule has 0 saturated heterocycles. The third-order valence-electron chi connectivity index (χ3n) is 8.85. The minimum absolute atomic E-state index is 0.00823. The van der Waals surface area contributed by atoms with Gasteiger partial charge in [-0.3, -0.25) is 18.9 Å². The Labute approximate surface area is 315 Å². The number of ether oxygens (including phenoxy) is 3. The highest BCUT2D eigenvalue weighted by atomic mass is 31.2. The quantitative estimate of drug-likeness (QED) is 0.0342. The molecule has 2 aromatic carbocycles. The third-order valence-corrected chi connectivity index (χ3v) is 10.8. The molecule has 2 aromatic rings. The Hall–Kier alpha value is -3.48. The van der Waals surface area contributed by atoms with Crippen molar-refractivity contribution in [3.63, 3.8) is 0 Å². The van der Waals surface area contributed by atoms with Crippen LogP contribution in [0.2, 0.25) is 0 Å². The summed E-state index contributed by atoms with van der Waals surface area (Å²) in [4.78, 5) is 37.5. The molecular weight excluding hydrogens is 699 g/mol. The Morgan fingerprint density at radius 1 is 0.830 bits per heavy atom. The number of phenolic OH excluding ortho intramolecular Hbond substituents is 1. The van der Waals surface area contributed by atoms with Crippen LogP contribution in [0, 0.1) is 13.8 Å². The SMILES string of the molecule is CCCOC(=O)C(CCCCN)NP(=O)(COc1cc(C)c(Cc2ccc(O)c(C(C)C)c2)c(C)c1)NC(CCCCN)C(=O)OCCCCC(=O)O. The normalized spacial score (nSPS) is 13.7. The topological polar surface area (TPSA) is 213 Å². The minimum atomic E-state index is -3.90. The molecular formula is C39H63N4O9P. The van der Waals surface area contributed by atoms with Crippen molar-refractivity contribution in [2.45, 2.75) is 123 Å². The molecule has 0 heterocycles. The van der Waals surface area contributed by atoms with E-state index in [-0.39, 0.29) is 37.7 Å². The number of esters is 2. The Kier molecular flexibility index (Phi) is 20.7. The molecule has 3 atom stereocenters. The number of carboxylic acids is 1. The molecule has 0 bridgehead atoms. The zero-order valence-electron chi connectivity index (χ0n) is 32.3. The molecule has 14 heteroatoms. The average molecular weight is 763 g/mol. The molecule has 13 nitrogen and oxygen atoms in total. The van der Waals surface area contributed by atoms with Crippen molar-refractivity contribution in [2.75, 3.05) is 32.7 Å². The highest BCUT2D eigenvalue weighted by molar-refractivity contribution is 7.59. The van der Waals surface area contributed by atoms with Gasteiger partial charge in [-0.15, -0.1) is 0 Å². The van der Waals surface area contributed by atoms with Crippen LogP contribution in [0.4, 0.5) is 0 Å². The Bertz CT molecular complexity index is 1480. The number of unbranched alkanes of at least 4 members (excludes halogenated alkanes) is 3. The van der Waals surface area contributed by atoms with Gasteiger partial charge in [0.1, 0.15) is 23.6 Å². The van der Waals surface area contributed by atoms with Crippen LogP contribution in [-0.2, 0) is 34.8 Å². The first-order chi connectivity index (χ1) is 25.2. The number of aromatic hydroxyl groups is 1. The van der Waals surface area contributed by atoms with Gasteiger partial charge in [-0.2, -0.15) is 0 Å². The Morgan fingerprint density at radius 3 is 1.91 bits per heavy atom. The van der Waals surface area contributed by atoms with Gasteiger partial charge in [0.25, 0.3) is 0 Å². The van der Waals surface area contributed by atoms with Crippen LogP contribution in [0.5, 0.6) is 11.5 Å². The molecule has 0 aliphatic heterocycles. The van der Waals surface area contributed by atoms with E-state index in [1.54, 1.807) is 6.07 Å². The maximum absolute atomic E-state index is 14.9. The van der Waals surface area contributed by atoms with Crippen LogP contribution in [0.15, 0.2) is 30.3 Å². The second-order valence-electron chi connectivity index (χ2n) is 13.9. The van der Waals surface area contributed by atoms with Crippen LogP contribution in [0.25, 0.3) is 0 Å². The second-order valence-corrected chi connectivity index (χ2v) is 16.1. The molecule has 8 N–H and O–H groups in total. The van der Waals surface area contributed by atoms with Crippen molar-refractivity contribution in [2.24, 2.45) is 11.5 Å². The monoisotopic (exact) mass is 762 g/mol. The molecule has 0 aliphatic carbocycles. The van der Waals surface area contributed by atoms with Gasteiger partial charge in [0.05, 0.1) is 13.2 Å². The van der Waals surface area contributed by atoms with E-state index in [0.29, 0.717) is 76.6 Å². The molecule has 0 saturated carbocycles. The summed E-state index contributed by atoms with van der Waals surface area (Å²) >= 11 is 0. The molecule has 298 valence electrons. The first kappa shape index (κ1) is 45.7. The van der Waals surface area contributed by atoms with E-state index in [0.717, 1.165) is 27.8 Å². The summed E-state index contributed by atoms with van der Waals surface area (Å²) in [6.45, 7) is 11.0. The number of benzene rings is 2. The van der Waals surface area contributed by atoms with Gasteiger partial charge in [0, 0.05) is 6.42 Å². The van der Waals surface area contributed by atoms with Gasteiger partial charge >= 0.3 is 17.9 Å². The predicted octanol–water partition coefficient (Wildman–Crippen LogP) is 6.18. The fourth-order valence-corrected chi connectivity index (χ4v) is 7.92. The van der Waals surface area contributed by atoms with Crippen LogP contribution >= 0.6 is 7.44 Å². The minimum Gasteiger partial charge on any atom is -0.508 e. The molecule has 53 heavy (non-hydrogen) atoms. The Morgan fingerprint density at radius 2 is 1.40 bits per heavy atom. The average Bonchev–Trinajstić information content (AvgIpc) is 3.10. The molecule has 0 aliphatic rings. The van der Waals surface area contributed by atoms with Gasteiger partial charge < -0.3 is 35.9 Å². The summed E-state index contributed by atoms with van der Waals surface area (Å²) in [6.07, 6.45) is 4.49. The summed E-state index contributed by atoms with van der Waals surface area (Å²) in [7, 11) is -3.90. The van der Waals surface area contributed by atoms with E-state index < -0.39 is 43.8 Å². The highest BCUT2D eigenvalue weighted by Gasteiger charge is 2.36. The lowest BCUT2D eigenvalue weighted by Crippen LogP contribution is -2.45. The van der Waals surface area contributed by atoms with Crippen molar-refractivity contribution in [1.82, 2.24) is 10.2 Å². The largest absolute Gasteiger partial charge is 0.508 e. The number of aliphatic carboxylic acids is 1. The van der Waals surface area contributed by atoms with E-state index in [1.807, 2.05) is 58.9 Å². The standard InChI is InChI=1S/C39H63N4O9P/c1-6-20-50-38(47)34(13-7-10-18-40)42-53(49,43-35(14-8-11-19-41)39(48)51-21-12-9-15-37(45)46)26-52-31-22-28(4)33(29(5)23-31)25-30-16-17-36(44)32(24-30)27(2)3/h16-17,22-24,27,34-35,44H,6-15,18-21,25-26,40-41H2,1-5H3,(H,45,46)(H2,42,43,49). The van der Waals surface area contributed by atoms with Crippen molar-refractivity contribution in [1.29, 1.82) is 0 Å². The second kappa shape index (κ2) is 24.0. The predicted molar refractivity (Wildman–Crippen MR) is 207 cm³/mol. The van der Waals surface area contributed by atoms with E-state index in [4.69, 9.17) is 30.8 Å². The zero-order valence-corrected chi connectivity index (χ0v) is 33.2. The smallest absolute Gasteiger partial charge is 0.323 e. The van der Waals surface area contributed by atoms with Crippen molar-refractivity contribution in [3.05, 3.63) is 58.1 Å². The first-order valence-corrected chi connectivity index (χ1v) is 20.8. The van der Waals surface area contributed by atoms with E-state index in [2.05, 4.69) is 10.2 Å². The van der Waals surface area contributed by atoms with Gasteiger partial charge in [-0.1, -0.05) is 45.7 Å². The van der Waals surface area contributed by atoms with Crippen molar-refractivity contribution in [3.8, 4) is 11.5 Å². The summed E-state index contributed by atoms with van der Waals surface area (Å²) in [6, 6.07) is 7.42. The van der Waals surface area contributed by atoms with Gasteiger partial charge in [-0.25, -0.2) is 10.2 Å². The van der Waals surface area contributed by atoms with Crippen molar-refractivity contribution < 1.29 is 43.4 Å².